The Hall–Kier alpha value is -2.28. The van der Waals surface area contributed by atoms with Crippen LogP contribution in [0.25, 0.3) is 21.9 Å². The van der Waals surface area contributed by atoms with E-state index in [0.29, 0.717) is 0 Å². The van der Waals surface area contributed by atoms with Crippen molar-refractivity contribution in [3.05, 3.63) is 66.2 Å². The van der Waals surface area contributed by atoms with E-state index in [4.69, 9.17) is 4.74 Å². The zero-order valence-corrected chi connectivity index (χ0v) is 11.2. The van der Waals surface area contributed by atoms with Gasteiger partial charge in [0.05, 0.1) is 7.11 Å². The number of methoxy groups -OCH3 is 1. The molecule has 1 nitrogen and oxygen atoms in total. The van der Waals surface area contributed by atoms with Gasteiger partial charge in [-0.2, -0.15) is 0 Å². The van der Waals surface area contributed by atoms with Gasteiger partial charge < -0.3 is 4.74 Å². The quantitative estimate of drug-likeness (QED) is 0.631. The molecule has 19 heavy (non-hydrogen) atoms. The average molecular weight is 248 g/mol. The minimum atomic E-state index is 0.889. The molecular weight excluding hydrogens is 232 g/mol. The van der Waals surface area contributed by atoms with Crippen molar-refractivity contribution in [1.29, 1.82) is 0 Å². The molecule has 0 spiro atoms. The van der Waals surface area contributed by atoms with E-state index in [1.165, 1.54) is 27.5 Å². The normalized spacial score (nSPS) is 10.6. The van der Waals surface area contributed by atoms with Gasteiger partial charge in [-0.1, -0.05) is 48.0 Å². The summed E-state index contributed by atoms with van der Waals surface area (Å²) in [7, 11) is 1.69. The highest BCUT2D eigenvalue weighted by atomic mass is 16.5. The Labute approximate surface area is 113 Å². The fourth-order valence-corrected chi connectivity index (χ4v) is 2.33. The van der Waals surface area contributed by atoms with Crippen molar-refractivity contribution in [2.24, 2.45) is 0 Å². The molecule has 1 heteroatoms. The number of aryl methyl sites for hydroxylation is 1. The number of ether oxygens (including phenoxy) is 1. The van der Waals surface area contributed by atoms with Crippen LogP contribution in [0, 0.1) is 6.92 Å². The van der Waals surface area contributed by atoms with E-state index in [0.717, 1.165) is 5.75 Å². The summed E-state index contributed by atoms with van der Waals surface area (Å²) in [6, 6.07) is 21.3. The lowest BCUT2D eigenvalue weighted by Gasteiger charge is -2.06. The number of hydrogen-bond acceptors (Lipinski definition) is 1. The van der Waals surface area contributed by atoms with Gasteiger partial charge in [0.25, 0.3) is 0 Å². The van der Waals surface area contributed by atoms with Gasteiger partial charge in [0, 0.05) is 0 Å². The molecule has 3 aromatic rings. The van der Waals surface area contributed by atoms with E-state index in [9.17, 15) is 0 Å². The van der Waals surface area contributed by atoms with Crippen LogP contribution in [-0.4, -0.2) is 7.11 Å². The second-order valence-corrected chi connectivity index (χ2v) is 4.79. The van der Waals surface area contributed by atoms with E-state index < -0.39 is 0 Å². The van der Waals surface area contributed by atoms with Crippen LogP contribution in [0.4, 0.5) is 0 Å². The molecule has 0 bridgehead atoms. The van der Waals surface area contributed by atoms with E-state index in [-0.39, 0.29) is 0 Å². The molecule has 0 aliphatic heterocycles. The Kier molecular flexibility index (Phi) is 2.96. The fraction of sp³-hybridized carbons (Fsp3) is 0.111. The van der Waals surface area contributed by atoms with Crippen molar-refractivity contribution in [2.45, 2.75) is 6.92 Å². The number of benzene rings is 3. The van der Waals surface area contributed by atoms with Gasteiger partial charge in [0.15, 0.2) is 0 Å². The van der Waals surface area contributed by atoms with Crippen molar-refractivity contribution in [1.82, 2.24) is 0 Å². The summed E-state index contributed by atoms with van der Waals surface area (Å²) in [5.41, 5.74) is 3.74. The molecule has 0 fully saturated rings. The van der Waals surface area contributed by atoms with Crippen LogP contribution in [0.15, 0.2) is 60.7 Å². The van der Waals surface area contributed by atoms with Gasteiger partial charge in [-0.25, -0.2) is 0 Å². The lowest BCUT2D eigenvalue weighted by Crippen LogP contribution is -1.83. The third kappa shape index (κ3) is 2.32. The van der Waals surface area contributed by atoms with Crippen molar-refractivity contribution in [3.63, 3.8) is 0 Å². The van der Waals surface area contributed by atoms with Gasteiger partial charge >= 0.3 is 0 Å². The maximum atomic E-state index is 5.19. The van der Waals surface area contributed by atoms with E-state index in [1.54, 1.807) is 7.11 Å². The molecule has 0 amide bonds. The van der Waals surface area contributed by atoms with E-state index >= 15 is 0 Å². The highest BCUT2D eigenvalue weighted by Crippen LogP contribution is 2.26. The Morgan fingerprint density at radius 2 is 1.37 bits per heavy atom. The van der Waals surface area contributed by atoms with Crippen LogP contribution >= 0.6 is 0 Å². The maximum absolute atomic E-state index is 5.19. The second-order valence-electron chi connectivity index (χ2n) is 4.79. The average Bonchev–Trinajstić information content (AvgIpc) is 2.46. The number of rotatable bonds is 2. The van der Waals surface area contributed by atoms with Crippen LogP contribution < -0.4 is 4.74 Å². The molecule has 0 heterocycles. The maximum Gasteiger partial charge on any atom is 0.118 e. The summed E-state index contributed by atoms with van der Waals surface area (Å²) < 4.78 is 5.19. The lowest BCUT2D eigenvalue weighted by molar-refractivity contribution is 0.415. The van der Waals surface area contributed by atoms with Crippen LogP contribution in [0.5, 0.6) is 5.75 Å². The predicted octanol–water partition coefficient (Wildman–Crippen LogP) is 4.82. The van der Waals surface area contributed by atoms with Crippen LogP contribution in [0.1, 0.15) is 5.56 Å². The largest absolute Gasteiger partial charge is 0.497 e. The van der Waals surface area contributed by atoms with Crippen molar-refractivity contribution in [3.8, 4) is 16.9 Å². The summed E-state index contributed by atoms with van der Waals surface area (Å²) >= 11 is 0. The molecule has 0 saturated heterocycles. The van der Waals surface area contributed by atoms with E-state index in [1.807, 2.05) is 12.1 Å². The number of fused-ring (bicyclic) bond motifs is 1. The van der Waals surface area contributed by atoms with Gasteiger partial charge in [-0.15, -0.1) is 0 Å². The Morgan fingerprint density at radius 3 is 2.11 bits per heavy atom. The zero-order chi connectivity index (χ0) is 13.2. The SMILES string of the molecule is COc1ccc(-c2ccc3ccc(C)cc3c2)cc1. The summed E-state index contributed by atoms with van der Waals surface area (Å²) in [6.07, 6.45) is 0. The Bertz CT molecular complexity index is 711. The molecule has 0 aliphatic rings. The first-order chi connectivity index (χ1) is 9.26. The molecule has 0 radical (unpaired) electrons. The first-order valence-corrected chi connectivity index (χ1v) is 6.41. The van der Waals surface area contributed by atoms with Gasteiger partial charge in [-0.3, -0.25) is 0 Å². The van der Waals surface area contributed by atoms with Gasteiger partial charge in [0.2, 0.25) is 0 Å². The predicted molar refractivity (Wildman–Crippen MR) is 80.7 cm³/mol. The molecule has 3 rings (SSSR count). The zero-order valence-electron chi connectivity index (χ0n) is 11.2. The first kappa shape index (κ1) is 11.8. The first-order valence-electron chi connectivity index (χ1n) is 6.41. The smallest absolute Gasteiger partial charge is 0.118 e. The van der Waals surface area contributed by atoms with Gasteiger partial charge in [0.1, 0.15) is 5.75 Å². The minimum absolute atomic E-state index is 0.889. The molecule has 0 unspecified atom stereocenters. The second kappa shape index (κ2) is 4.77. The summed E-state index contributed by atoms with van der Waals surface area (Å²) in [6.45, 7) is 2.12. The van der Waals surface area contributed by atoms with Crippen LogP contribution in [0.3, 0.4) is 0 Å². The third-order valence-corrected chi connectivity index (χ3v) is 3.42. The number of hydrogen-bond donors (Lipinski definition) is 0. The van der Waals surface area contributed by atoms with Gasteiger partial charge in [-0.05, 0) is 47.0 Å². The highest BCUT2D eigenvalue weighted by molar-refractivity contribution is 5.87. The standard InChI is InChI=1S/C18H16O/c1-13-3-4-15-5-6-16(12-17(15)11-13)14-7-9-18(19-2)10-8-14/h3-12H,1-2H3. The fourth-order valence-electron chi connectivity index (χ4n) is 2.33. The summed E-state index contributed by atoms with van der Waals surface area (Å²) in [5, 5.41) is 2.57. The molecule has 0 aromatic heterocycles. The summed E-state index contributed by atoms with van der Waals surface area (Å²) in [5.74, 6) is 0.889. The molecule has 0 saturated carbocycles. The highest BCUT2D eigenvalue weighted by Gasteiger charge is 2.00. The third-order valence-electron chi connectivity index (χ3n) is 3.42. The van der Waals surface area contributed by atoms with Crippen molar-refractivity contribution >= 4 is 10.8 Å². The topological polar surface area (TPSA) is 9.23 Å². The molecular formula is C18H16O. The molecule has 94 valence electrons. The van der Waals surface area contributed by atoms with Crippen LogP contribution in [-0.2, 0) is 0 Å². The van der Waals surface area contributed by atoms with Crippen molar-refractivity contribution < 1.29 is 4.74 Å². The van der Waals surface area contributed by atoms with Crippen molar-refractivity contribution in [2.75, 3.05) is 7.11 Å². The van der Waals surface area contributed by atoms with Crippen LogP contribution in [0.2, 0.25) is 0 Å². The Balaban J connectivity index is 2.08. The summed E-state index contributed by atoms with van der Waals surface area (Å²) in [4.78, 5) is 0. The molecule has 0 N–H and O–H groups in total. The Morgan fingerprint density at radius 1 is 0.684 bits per heavy atom. The van der Waals surface area contributed by atoms with E-state index in [2.05, 4.69) is 55.5 Å². The minimum Gasteiger partial charge on any atom is -0.497 e. The molecule has 0 aliphatic carbocycles. The lowest BCUT2D eigenvalue weighted by atomic mass is 10.0. The monoisotopic (exact) mass is 248 g/mol. The molecule has 3 aromatic carbocycles. The molecule has 0 atom stereocenters.